The van der Waals surface area contributed by atoms with Crippen LogP contribution in [0.1, 0.15) is 13.3 Å². The zero-order valence-electron chi connectivity index (χ0n) is 8.29. The first kappa shape index (κ1) is 9.96. The number of nitrogens with two attached hydrogens (primary N) is 1. The van der Waals surface area contributed by atoms with E-state index in [0.717, 1.165) is 6.42 Å². The average Bonchev–Trinajstić information content (AvgIpc) is 2.03. The first-order chi connectivity index (χ1) is 5.68. The molecule has 3 heteroatoms. The summed E-state index contributed by atoms with van der Waals surface area (Å²) in [6.07, 6.45) is 1.13. The molecule has 1 atom stereocenters. The Bertz CT molecular complexity index is 117. The van der Waals surface area contributed by atoms with Gasteiger partial charge in [0.15, 0.2) is 0 Å². The van der Waals surface area contributed by atoms with Crippen molar-refractivity contribution >= 4 is 0 Å². The molecule has 72 valence electrons. The van der Waals surface area contributed by atoms with Gasteiger partial charge in [-0.2, -0.15) is 0 Å². The third-order valence-corrected chi connectivity index (χ3v) is 2.50. The summed E-state index contributed by atoms with van der Waals surface area (Å²) in [5, 5.41) is 0. The SMILES string of the molecule is C[C@H](N)CCN1CCN(C)CC1. The molecule has 1 saturated heterocycles. The predicted molar refractivity (Wildman–Crippen MR) is 52.2 cm³/mol. The second-order valence-corrected chi connectivity index (χ2v) is 3.91. The summed E-state index contributed by atoms with van der Waals surface area (Å²) >= 11 is 0. The maximum atomic E-state index is 5.70. The number of hydrogen-bond donors (Lipinski definition) is 1. The Kier molecular flexibility index (Phi) is 3.98. The van der Waals surface area contributed by atoms with Crippen molar-refractivity contribution in [2.45, 2.75) is 19.4 Å². The molecular weight excluding hydrogens is 150 g/mol. The highest BCUT2D eigenvalue weighted by Crippen LogP contribution is 2.00. The lowest BCUT2D eigenvalue weighted by molar-refractivity contribution is 0.151. The van der Waals surface area contributed by atoms with Gasteiger partial charge in [-0.3, -0.25) is 0 Å². The van der Waals surface area contributed by atoms with Crippen LogP contribution in [0.4, 0.5) is 0 Å². The largest absolute Gasteiger partial charge is 0.328 e. The van der Waals surface area contributed by atoms with Crippen LogP contribution in [0.2, 0.25) is 0 Å². The van der Waals surface area contributed by atoms with Crippen molar-refractivity contribution in [1.29, 1.82) is 0 Å². The third kappa shape index (κ3) is 3.52. The summed E-state index contributed by atoms with van der Waals surface area (Å²) in [7, 11) is 2.18. The monoisotopic (exact) mass is 171 g/mol. The molecule has 0 bridgehead atoms. The quantitative estimate of drug-likeness (QED) is 0.647. The predicted octanol–water partition coefficient (Wildman–Crippen LogP) is -0.0289. The van der Waals surface area contributed by atoms with Crippen LogP contribution >= 0.6 is 0 Å². The molecular formula is C9H21N3. The van der Waals surface area contributed by atoms with Crippen LogP contribution in [0.3, 0.4) is 0 Å². The van der Waals surface area contributed by atoms with E-state index in [2.05, 4.69) is 23.8 Å². The Hall–Kier alpha value is -0.120. The average molecular weight is 171 g/mol. The molecule has 0 saturated carbocycles. The number of likely N-dealkylation sites (N-methyl/N-ethyl adjacent to an activating group) is 1. The molecule has 0 aromatic carbocycles. The summed E-state index contributed by atoms with van der Waals surface area (Å²) in [6.45, 7) is 8.09. The molecule has 1 heterocycles. The summed E-state index contributed by atoms with van der Waals surface area (Å²) < 4.78 is 0. The van der Waals surface area contributed by atoms with E-state index in [0.29, 0.717) is 6.04 Å². The second kappa shape index (κ2) is 4.80. The van der Waals surface area contributed by atoms with Crippen molar-refractivity contribution in [3.8, 4) is 0 Å². The summed E-state index contributed by atoms with van der Waals surface area (Å²) in [5.74, 6) is 0. The fourth-order valence-electron chi connectivity index (χ4n) is 1.46. The molecule has 0 aromatic heterocycles. The Labute approximate surface area is 75.5 Å². The highest BCUT2D eigenvalue weighted by Gasteiger charge is 2.12. The van der Waals surface area contributed by atoms with E-state index in [1.54, 1.807) is 0 Å². The van der Waals surface area contributed by atoms with Gasteiger partial charge in [0, 0.05) is 32.2 Å². The third-order valence-electron chi connectivity index (χ3n) is 2.50. The van der Waals surface area contributed by atoms with E-state index < -0.39 is 0 Å². The second-order valence-electron chi connectivity index (χ2n) is 3.91. The van der Waals surface area contributed by atoms with Gasteiger partial charge in [-0.05, 0) is 26.9 Å². The van der Waals surface area contributed by atoms with Gasteiger partial charge < -0.3 is 15.5 Å². The molecule has 0 unspecified atom stereocenters. The van der Waals surface area contributed by atoms with Crippen LogP contribution in [0.25, 0.3) is 0 Å². The van der Waals surface area contributed by atoms with Crippen LogP contribution in [0, 0.1) is 0 Å². The molecule has 3 nitrogen and oxygen atoms in total. The van der Waals surface area contributed by atoms with Crippen molar-refractivity contribution in [2.75, 3.05) is 39.8 Å². The van der Waals surface area contributed by atoms with Crippen molar-refractivity contribution in [3.63, 3.8) is 0 Å². The summed E-state index contributed by atoms with van der Waals surface area (Å²) in [4.78, 5) is 4.88. The van der Waals surface area contributed by atoms with Gasteiger partial charge in [0.1, 0.15) is 0 Å². The van der Waals surface area contributed by atoms with Crippen molar-refractivity contribution in [1.82, 2.24) is 9.80 Å². The number of hydrogen-bond acceptors (Lipinski definition) is 3. The Morgan fingerprint density at radius 3 is 2.33 bits per heavy atom. The van der Waals surface area contributed by atoms with Gasteiger partial charge in [0.05, 0.1) is 0 Å². The molecule has 12 heavy (non-hydrogen) atoms. The zero-order valence-corrected chi connectivity index (χ0v) is 8.29. The summed E-state index contributed by atoms with van der Waals surface area (Å²) in [5.41, 5.74) is 5.70. The molecule has 1 aliphatic heterocycles. The van der Waals surface area contributed by atoms with E-state index in [1.807, 2.05) is 0 Å². The van der Waals surface area contributed by atoms with E-state index in [1.165, 1.54) is 32.7 Å². The van der Waals surface area contributed by atoms with Gasteiger partial charge in [0.25, 0.3) is 0 Å². The van der Waals surface area contributed by atoms with Gasteiger partial charge >= 0.3 is 0 Å². The molecule has 1 fully saturated rings. The Morgan fingerprint density at radius 1 is 1.25 bits per heavy atom. The van der Waals surface area contributed by atoms with Gasteiger partial charge in [-0.15, -0.1) is 0 Å². The van der Waals surface area contributed by atoms with E-state index in [-0.39, 0.29) is 0 Å². The molecule has 2 N–H and O–H groups in total. The first-order valence-corrected chi connectivity index (χ1v) is 4.85. The minimum atomic E-state index is 0.352. The molecule has 1 aliphatic rings. The topological polar surface area (TPSA) is 32.5 Å². The standard InChI is InChI=1S/C9H21N3/c1-9(10)3-4-12-7-5-11(2)6-8-12/h9H,3-8,10H2,1-2H3/t9-/m0/s1. The van der Waals surface area contributed by atoms with E-state index in [9.17, 15) is 0 Å². The van der Waals surface area contributed by atoms with Crippen LogP contribution in [-0.4, -0.2) is 55.6 Å². The minimum Gasteiger partial charge on any atom is -0.328 e. The lowest BCUT2D eigenvalue weighted by atomic mass is 10.2. The van der Waals surface area contributed by atoms with Crippen LogP contribution in [0.5, 0.6) is 0 Å². The van der Waals surface area contributed by atoms with Crippen LogP contribution < -0.4 is 5.73 Å². The minimum absolute atomic E-state index is 0.352. The lowest BCUT2D eigenvalue weighted by Gasteiger charge is -2.32. The van der Waals surface area contributed by atoms with Crippen molar-refractivity contribution < 1.29 is 0 Å². The van der Waals surface area contributed by atoms with Crippen molar-refractivity contribution in [2.24, 2.45) is 5.73 Å². The smallest absolute Gasteiger partial charge is 0.0110 e. The van der Waals surface area contributed by atoms with Crippen LogP contribution in [-0.2, 0) is 0 Å². The maximum absolute atomic E-state index is 5.70. The highest BCUT2D eigenvalue weighted by molar-refractivity contribution is 4.70. The normalized spacial score (nSPS) is 24.2. The zero-order chi connectivity index (χ0) is 8.97. The number of piperazine rings is 1. The Balaban J connectivity index is 2.09. The van der Waals surface area contributed by atoms with Gasteiger partial charge in [-0.1, -0.05) is 0 Å². The highest BCUT2D eigenvalue weighted by atomic mass is 15.2. The number of nitrogens with zero attached hydrogens (tertiary/aromatic N) is 2. The molecule has 0 radical (unpaired) electrons. The van der Waals surface area contributed by atoms with Gasteiger partial charge in [0.2, 0.25) is 0 Å². The summed E-state index contributed by atoms with van der Waals surface area (Å²) in [6, 6.07) is 0.352. The van der Waals surface area contributed by atoms with Gasteiger partial charge in [-0.25, -0.2) is 0 Å². The van der Waals surface area contributed by atoms with E-state index in [4.69, 9.17) is 5.73 Å². The number of rotatable bonds is 3. The molecule has 1 rings (SSSR count). The fourth-order valence-corrected chi connectivity index (χ4v) is 1.46. The van der Waals surface area contributed by atoms with Crippen molar-refractivity contribution in [3.05, 3.63) is 0 Å². The molecule has 0 aliphatic carbocycles. The first-order valence-electron chi connectivity index (χ1n) is 4.85. The molecule has 0 aromatic rings. The van der Waals surface area contributed by atoms with Crippen LogP contribution in [0.15, 0.2) is 0 Å². The molecule has 0 amide bonds. The maximum Gasteiger partial charge on any atom is 0.0110 e. The fraction of sp³-hybridized carbons (Fsp3) is 1.00. The van der Waals surface area contributed by atoms with E-state index >= 15 is 0 Å². The molecule has 0 spiro atoms. The Morgan fingerprint density at radius 2 is 1.83 bits per heavy atom. The lowest BCUT2D eigenvalue weighted by Crippen LogP contribution is -2.45.